The fourth-order valence-corrected chi connectivity index (χ4v) is 4.68. The molecule has 2 saturated carbocycles. The molecule has 7 heteroatoms. The van der Waals surface area contributed by atoms with Gasteiger partial charge in [0.05, 0.1) is 30.2 Å². The summed E-state index contributed by atoms with van der Waals surface area (Å²) < 4.78 is 44.8. The van der Waals surface area contributed by atoms with Gasteiger partial charge in [-0.1, -0.05) is 6.42 Å². The molecule has 0 radical (unpaired) electrons. The predicted octanol–water partition coefficient (Wildman–Crippen LogP) is 3.92. The molecule has 1 saturated heterocycles. The summed E-state index contributed by atoms with van der Waals surface area (Å²) in [5, 5.41) is 2.83. The summed E-state index contributed by atoms with van der Waals surface area (Å²) in [6.45, 7) is 2.26. The number of rotatable bonds is 3. The van der Waals surface area contributed by atoms with E-state index >= 15 is 0 Å². The number of hydrogen-bond donors (Lipinski definition) is 1. The molecule has 4 rings (SSSR count). The maximum Gasteiger partial charge on any atom is 0.416 e. The van der Waals surface area contributed by atoms with Crippen LogP contribution in [0.3, 0.4) is 0 Å². The Morgan fingerprint density at radius 2 is 1.92 bits per heavy atom. The van der Waals surface area contributed by atoms with Crippen LogP contribution in [0.2, 0.25) is 0 Å². The Bertz CT molecular complexity index is 686. The van der Waals surface area contributed by atoms with E-state index in [0.29, 0.717) is 43.8 Å². The number of alkyl halides is 3. The fraction of sp³-hybridized carbons (Fsp3) is 0.632. The van der Waals surface area contributed by atoms with Crippen molar-refractivity contribution < 1.29 is 22.7 Å². The van der Waals surface area contributed by atoms with E-state index in [4.69, 9.17) is 4.74 Å². The number of halogens is 3. The van der Waals surface area contributed by atoms with Crippen LogP contribution in [0.5, 0.6) is 0 Å². The highest BCUT2D eigenvalue weighted by Crippen LogP contribution is 2.49. The van der Waals surface area contributed by atoms with Gasteiger partial charge in [0.15, 0.2) is 0 Å². The summed E-state index contributed by atoms with van der Waals surface area (Å²) >= 11 is 0. The number of hydrogen-bond acceptors (Lipinski definition) is 3. The monoisotopic (exact) mass is 368 g/mol. The van der Waals surface area contributed by atoms with Gasteiger partial charge in [-0.05, 0) is 49.3 Å². The van der Waals surface area contributed by atoms with Crippen molar-refractivity contribution in [3.63, 3.8) is 0 Å². The number of anilines is 2. The molecule has 142 valence electrons. The number of amides is 1. The van der Waals surface area contributed by atoms with Crippen molar-refractivity contribution in [3.05, 3.63) is 23.8 Å². The molecule has 0 aromatic heterocycles. The Morgan fingerprint density at radius 1 is 1.15 bits per heavy atom. The number of nitrogens with one attached hydrogen (secondary N) is 1. The van der Waals surface area contributed by atoms with Crippen molar-refractivity contribution in [2.45, 2.75) is 31.9 Å². The molecular formula is C19H23F3N2O2. The van der Waals surface area contributed by atoms with E-state index in [9.17, 15) is 18.0 Å². The van der Waals surface area contributed by atoms with Gasteiger partial charge in [-0.2, -0.15) is 13.2 Å². The van der Waals surface area contributed by atoms with Crippen LogP contribution in [0.4, 0.5) is 24.5 Å². The zero-order valence-corrected chi connectivity index (χ0v) is 14.5. The lowest BCUT2D eigenvalue weighted by Crippen LogP contribution is -2.37. The molecule has 2 bridgehead atoms. The lowest BCUT2D eigenvalue weighted by Gasteiger charge is -2.31. The molecule has 1 amide bonds. The molecule has 3 unspecified atom stereocenters. The third kappa shape index (κ3) is 3.41. The Morgan fingerprint density at radius 3 is 2.54 bits per heavy atom. The average molecular weight is 368 g/mol. The second-order valence-corrected chi connectivity index (χ2v) is 7.60. The smallest absolute Gasteiger partial charge is 0.378 e. The third-order valence-corrected chi connectivity index (χ3v) is 6.01. The van der Waals surface area contributed by atoms with Gasteiger partial charge in [0, 0.05) is 19.0 Å². The molecule has 1 N–H and O–H groups in total. The minimum atomic E-state index is -4.44. The van der Waals surface area contributed by atoms with Crippen molar-refractivity contribution in [1.29, 1.82) is 0 Å². The largest absolute Gasteiger partial charge is 0.416 e. The SMILES string of the molecule is O=C(Nc1cc(C(F)(F)F)ccc1N1CCOCC1)C1CC2CCC1C2. The van der Waals surface area contributed by atoms with E-state index in [0.717, 1.165) is 31.4 Å². The standard InChI is InChI=1S/C19H23F3N2O2/c20-19(21,22)14-3-4-17(24-5-7-26-8-6-24)16(11-14)23-18(25)15-10-12-1-2-13(15)9-12/h3-4,11-13,15H,1-2,5-10H2,(H,23,25). The Labute approximate surface area is 150 Å². The molecule has 3 atom stereocenters. The predicted molar refractivity (Wildman–Crippen MR) is 92.0 cm³/mol. The second kappa shape index (κ2) is 6.76. The van der Waals surface area contributed by atoms with Gasteiger partial charge in [0.1, 0.15) is 0 Å². The Balaban J connectivity index is 1.59. The van der Waals surface area contributed by atoms with Gasteiger partial charge in [-0.15, -0.1) is 0 Å². The maximum atomic E-state index is 13.2. The topological polar surface area (TPSA) is 41.6 Å². The molecule has 3 aliphatic rings. The van der Waals surface area contributed by atoms with E-state index in [1.54, 1.807) is 0 Å². The normalized spacial score (nSPS) is 28.4. The lowest BCUT2D eigenvalue weighted by atomic mass is 9.88. The van der Waals surface area contributed by atoms with E-state index in [-0.39, 0.29) is 17.5 Å². The second-order valence-electron chi connectivity index (χ2n) is 7.60. The summed E-state index contributed by atoms with van der Waals surface area (Å²) in [5.41, 5.74) is 0.157. The van der Waals surface area contributed by atoms with Crippen LogP contribution in [0, 0.1) is 17.8 Å². The van der Waals surface area contributed by atoms with Gasteiger partial charge in [0.2, 0.25) is 5.91 Å². The number of morpholine rings is 1. The molecule has 26 heavy (non-hydrogen) atoms. The highest BCUT2D eigenvalue weighted by molar-refractivity contribution is 5.96. The first-order chi connectivity index (χ1) is 12.4. The van der Waals surface area contributed by atoms with Gasteiger partial charge in [0.25, 0.3) is 0 Å². The van der Waals surface area contributed by atoms with Crippen molar-refractivity contribution in [2.24, 2.45) is 17.8 Å². The molecule has 1 aromatic rings. The van der Waals surface area contributed by atoms with Crippen molar-refractivity contribution in [3.8, 4) is 0 Å². The van der Waals surface area contributed by atoms with Gasteiger partial charge < -0.3 is 15.0 Å². The van der Waals surface area contributed by atoms with Crippen LogP contribution < -0.4 is 10.2 Å². The first-order valence-electron chi connectivity index (χ1n) is 9.26. The van der Waals surface area contributed by atoms with Crippen molar-refractivity contribution in [1.82, 2.24) is 0 Å². The highest BCUT2D eigenvalue weighted by Gasteiger charge is 2.43. The van der Waals surface area contributed by atoms with Crippen molar-refractivity contribution >= 4 is 17.3 Å². The van der Waals surface area contributed by atoms with Gasteiger partial charge in [-0.25, -0.2) is 0 Å². The molecular weight excluding hydrogens is 345 g/mol. The summed E-state index contributed by atoms with van der Waals surface area (Å²) in [5.74, 6) is 0.792. The number of carbonyl (C=O) groups is 1. The molecule has 0 spiro atoms. The fourth-order valence-electron chi connectivity index (χ4n) is 4.68. The van der Waals surface area contributed by atoms with E-state index < -0.39 is 11.7 Å². The van der Waals surface area contributed by atoms with Gasteiger partial charge >= 0.3 is 6.18 Å². The van der Waals surface area contributed by atoms with Gasteiger partial charge in [-0.3, -0.25) is 4.79 Å². The third-order valence-electron chi connectivity index (χ3n) is 6.01. The highest BCUT2D eigenvalue weighted by atomic mass is 19.4. The lowest BCUT2D eigenvalue weighted by molar-refractivity contribution is -0.137. The molecule has 4 nitrogen and oxygen atoms in total. The van der Waals surface area contributed by atoms with E-state index in [2.05, 4.69) is 5.32 Å². The number of fused-ring (bicyclic) bond motifs is 2. The quantitative estimate of drug-likeness (QED) is 0.879. The Hall–Kier alpha value is -1.76. The molecule has 1 aliphatic heterocycles. The van der Waals surface area contributed by atoms with Crippen LogP contribution in [-0.2, 0) is 15.7 Å². The number of benzene rings is 1. The van der Waals surface area contributed by atoms with E-state index in [1.165, 1.54) is 12.5 Å². The van der Waals surface area contributed by atoms with Crippen LogP contribution in [0.25, 0.3) is 0 Å². The molecule has 3 fully saturated rings. The number of ether oxygens (including phenoxy) is 1. The van der Waals surface area contributed by atoms with Crippen LogP contribution in [0.1, 0.15) is 31.2 Å². The van der Waals surface area contributed by atoms with E-state index in [1.807, 2.05) is 4.90 Å². The minimum Gasteiger partial charge on any atom is -0.378 e. The summed E-state index contributed by atoms with van der Waals surface area (Å²) in [7, 11) is 0. The summed E-state index contributed by atoms with van der Waals surface area (Å²) in [6, 6.07) is 3.61. The average Bonchev–Trinajstić information content (AvgIpc) is 3.25. The Kier molecular flexibility index (Phi) is 4.59. The molecule has 2 aliphatic carbocycles. The summed E-state index contributed by atoms with van der Waals surface area (Å²) in [4.78, 5) is 14.7. The van der Waals surface area contributed by atoms with Crippen molar-refractivity contribution in [2.75, 3.05) is 36.5 Å². The maximum absolute atomic E-state index is 13.2. The van der Waals surface area contributed by atoms with Crippen LogP contribution >= 0.6 is 0 Å². The minimum absolute atomic E-state index is 0.0687. The van der Waals surface area contributed by atoms with Crippen LogP contribution in [-0.4, -0.2) is 32.2 Å². The zero-order valence-electron chi connectivity index (χ0n) is 14.5. The zero-order chi connectivity index (χ0) is 18.3. The molecule has 1 aromatic carbocycles. The first-order valence-corrected chi connectivity index (χ1v) is 9.26. The van der Waals surface area contributed by atoms with Crippen LogP contribution in [0.15, 0.2) is 18.2 Å². The number of carbonyl (C=O) groups excluding carboxylic acids is 1. The molecule has 1 heterocycles. The summed E-state index contributed by atoms with van der Waals surface area (Å²) in [6.07, 6.45) is -0.256. The number of nitrogens with zero attached hydrogens (tertiary/aromatic N) is 1. The first kappa shape index (κ1) is 17.6.